The average Bonchev–Trinajstić information content (AvgIpc) is 2.36. The number of rotatable bonds is 3. The van der Waals surface area contributed by atoms with Crippen molar-refractivity contribution >= 4 is 6.08 Å². The lowest BCUT2D eigenvalue weighted by molar-refractivity contribution is 0.482. The Labute approximate surface area is 100 Å². The normalized spacial score (nSPS) is 7.56. The smallest absolute Gasteiger partial charge is 0.133 e. The summed E-state index contributed by atoms with van der Waals surface area (Å²) in [6, 6.07) is 5.92. The van der Waals surface area contributed by atoms with E-state index in [9.17, 15) is 0 Å². The highest BCUT2D eigenvalue weighted by Crippen LogP contribution is 2.20. The van der Waals surface area contributed by atoms with E-state index in [1.807, 2.05) is 52.8 Å². The van der Waals surface area contributed by atoms with Crippen LogP contribution >= 0.6 is 0 Å². The van der Waals surface area contributed by atoms with Crippen molar-refractivity contribution in [2.45, 2.75) is 34.6 Å². The fraction of sp³-hybridized carbons (Fsp3) is 0.333. The predicted molar refractivity (Wildman–Crippen MR) is 74.8 cm³/mol. The van der Waals surface area contributed by atoms with Gasteiger partial charge in [-0.25, -0.2) is 0 Å². The zero-order chi connectivity index (χ0) is 13.0. The second-order valence-corrected chi connectivity index (χ2v) is 2.53. The summed E-state index contributed by atoms with van der Waals surface area (Å²) in [5.41, 5.74) is 2.19. The first kappa shape index (κ1) is 16.9. The van der Waals surface area contributed by atoms with Crippen molar-refractivity contribution in [3.8, 4) is 5.75 Å². The number of benzene rings is 1. The molecule has 0 saturated carbocycles. The molecule has 0 N–H and O–H groups in total. The molecule has 16 heavy (non-hydrogen) atoms. The van der Waals surface area contributed by atoms with Gasteiger partial charge in [0.25, 0.3) is 0 Å². The van der Waals surface area contributed by atoms with Gasteiger partial charge in [-0.1, -0.05) is 58.6 Å². The van der Waals surface area contributed by atoms with E-state index in [0.717, 1.165) is 11.3 Å². The fourth-order valence-corrected chi connectivity index (χ4v) is 1.02. The Kier molecular flexibility index (Phi) is 12.2. The SMILES string of the molecule is C=COc1ccc(C)cc1C=C.CC.CC. The van der Waals surface area contributed by atoms with Crippen molar-refractivity contribution in [2.75, 3.05) is 0 Å². The molecule has 0 aliphatic heterocycles. The lowest BCUT2D eigenvalue weighted by Crippen LogP contribution is -1.85. The van der Waals surface area contributed by atoms with Gasteiger partial charge in [0.2, 0.25) is 0 Å². The van der Waals surface area contributed by atoms with Crippen LogP contribution in [0.25, 0.3) is 6.08 Å². The molecule has 1 heteroatoms. The van der Waals surface area contributed by atoms with Crippen LogP contribution in [0.5, 0.6) is 5.75 Å². The lowest BCUT2D eigenvalue weighted by atomic mass is 10.1. The summed E-state index contributed by atoms with van der Waals surface area (Å²) >= 11 is 0. The van der Waals surface area contributed by atoms with Crippen LogP contribution in [0.1, 0.15) is 38.8 Å². The van der Waals surface area contributed by atoms with Crippen molar-refractivity contribution in [2.24, 2.45) is 0 Å². The highest BCUT2D eigenvalue weighted by atomic mass is 16.5. The Balaban J connectivity index is 0. The first-order valence-corrected chi connectivity index (χ1v) is 5.78. The average molecular weight is 220 g/mol. The summed E-state index contributed by atoms with van der Waals surface area (Å²) in [6.45, 7) is 17.2. The van der Waals surface area contributed by atoms with Gasteiger partial charge in [-0.15, -0.1) is 0 Å². The maximum absolute atomic E-state index is 5.18. The molecule has 1 aromatic carbocycles. The van der Waals surface area contributed by atoms with Crippen LogP contribution < -0.4 is 4.74 Å². The van der Waals surface area contributed by atoms with Crippen molar-refractivity contribution in [1.29, 1.82) is 0 Å². The van der Waals surface area contributed by atoms with Crippen molar-refractivity contribution in [1.82, 2.24) is 0 Å². The molecule has 0 aliphatic rings. The van der Waals surface area contributed by atoms with Crippen LogP contribution in [0.3, 0.4) is 0 Å². The van der Waals surface area contributed by atoms with E-state index in [0.29, 0.717) is 0 Å². The maximum Gasteiger partial charge on any atom is 0.133 e. The monoisotopic (exact) mass is 220 g/mol. The van der Waals surface area contributed by atoms with Crippen molar-refractivity contribution < 1.29 is 4.74 Å². The summed E-state index contributed by atoms with van der Waals surface area (Å²) in [7, 11) is 0. The zero-order valence-electron chi connectivity index (χ0n) is 11.2. The first-order chi connectivity index (χ1) is 7.77. The molecule has 0 heterocycles. The van der Waals surface area contributed by atoms with E-state index < -0.39 is 0 Å². The molecule has 1 nitrogen and oxygen atoms in total. The molecule has 90 valence electrons. The van der Waals surface area contributed by atoms with Gasteiger partial charge < -0.3 is 4.74 Å². The molecule has 0 unspecified atom stereocenters. The van der Waals surface area contributed by atoms with E-state index in [2.05, 4.69) is 13.2 Å². The molecular formula is C15H24O. The van der Waals surface area contributed by atoms with Crippen LogP contribution in [-0.4, -0.2) is 0 Å². The van der Waals surface area contributed by atoms with Gasteiger partial charge >= 0.3 is 0 Å². The van der Waals surface area contributed by atoms with Gasteiger partial charge in [0.1, 0.15) is 5.75 Å². The Morgan fingerprint density at radius 3 is 2.06 bits per heavy atom. The van der Waals surface area contributed by atoms with Gasteiger partial charge in [0.15, 0.2) is 0 Å². The molecule has 0 fully saturated rings. The Hall–Kier alpha value is -1.50. The van der Waals surface area contributed by atoms with Crippen LogP contribution in [0.15, 0.2) is 37.6 Å². The molecule has 0 spiro atoms. The van der Waals surface area contributed by atoms with Gasteiger partial charge in [0, 0.05) is 5.56 Å². The summed E-state index contributed by atoms with van der Waals surface area (Å²) in [4.78, 5) is 0. The number of hydrogen-bond donors (Lipinski definition) is 0. The molecule has 0 bridgehead atoms. The topological polar surface area (TPSA) is 9.23 Å². The number of aryl methyl sites for hydroxylation is 1. The third-order valence-corrected chi connectivity index (χ3v) is 1.60. The van der Waals surface area contributed by atoms with E-state index >= 15 is 0 Å². The highest BCUT2D eigenvalue weighted by Gasteiger charge is 1.97. The molecule has 0 radical (unpaired) electrons. The molecule has 0 saturated heterocycles. The molecule has 0 atom stereocenters. The van der Waals surface area contributed by atoms with Gasteiger partial charge in [0.05, 0.1) is 6.26 Å². The summed E-state index contributed by atoms with van der Waals surface area (Å²) in [5.74, 6) is 0.797. The fourth-order valence-electron chi connectivity index (χ4n) is 1.02. The van der Waals surface area contributed by atoms with Crippen molar-refractivity contribution in [3.05, 3.63) is 48.7 Å². The quantitative estimate of drug-likeness (QED) is 0.635. The number of ether oxygens (including phenoxy) is 1. The summed E-state index contributed by atoms with van der Waals surface area (Å²) in [5, 5.41) is 0. The zero-order valence-corrected chi connectivity index (χ0v) is 11.2. The molecule has 1 aromatic rings. The van der Waals surface area contributed by atoms with Gasteiger partial charge in [-0.3, -0.25) is 0 Å². The molecule has 0 aromatic heterocycles. The van der Waals surface area contributed by atoms with E-state index in [4.69, 9.17) is 4.74 Å². The molecule has 0 aliphatic carbocycles. The van der Waals surface area contributed by atoms with E-state index in [1.165, 1.54) is 11.8 Å². The third-order valence-electron chi connectivity index (χ3n) is 1.60. The van der Waals surface area contributed by atoms with Crippen LogP contribution in [0.4, 0.5) is 0 Å². The van der Waals surface area contributed by atoms with Crippen molar-refractivity contribution in [3.63, 3.8) is 0 Å². The minimum Gasteiger partial charge on any atom is -0.465 e. The Morgan fingerprint density at radius 2 is 1.62 bits per heavy atom. The summed E-state index contributed by atoms with van der Waals surface area (Å²) in [6.07, 6.45) is 3.18. The third kappa shape index (κ3) is 6.07. The van der Waals surface area contributed by atoms with Crippen LogP contribution in [0, 0.1) is 6.92 Å². The second-order valence-electron chi connectivity index (χ2n) is 2.53. The first-order valence-electron chi connectivity index (χ1n) is 5.78. The minimum atomic E-state index is 0.797. The predicted octanol–water partition coefficient (Wildman–Crippen LogP) is 5.21. The maximum atomic E-state index is 5.18. The standard InChI is InChI=1S/C11H12O.2C2H6/c1-4-10-8-9(3)6-7-11(10)12-5-2;2*1-2/h4-8H,1-2H2,3H3;2*1-2H3. The van der Waals surface area contributed by atoms with Crippen LogP contribution in [-0.2, 0) is 0 Å². The van der Waals surface area contributed by atoms with E-state index in [1.54, 1.807) is 6.08 Å². The molecule has 1 rings (SSSR count). The van der Waals surface area contributed by atoms with Gasteiger partial charge in [-0.05, 0) is 19.1 Å². The highest BCUT2D eigenvalue weighted by molar-refractivity contribution is 5.56. The molecule has 0 amide bonds. The Bertz CT molecular complexity index is 300. The number of hydrogen-bond acceptors (Lipinski definition) is 1. The van der Waals surface area contributed by atoms with Crippen LogP contribution in [0.2, 0.25) is 0 Å². The largest absolute Gasteiger partial charge is 0.465 e. The summed E-state index contributed by atoms with van der Waals surface area (Å²) < 4.78 is 5.18. The Morgan fingerprint density at radius 1 is 1.06 bits per heavy atom. The molecular weight excluding hydrogens is 196 g/mol. The minimum absolute atomic E-state index is 0.797. The van der Waals surface area contributed by atoms with E-state index in [-0.39, 0.29) is 0 Å². The van der Waals surface area contributed by atoms with Gasteiger partial charge in [-0.2, -0.15) is 0 Å². The second kappa shape index (κ2) is 11.6. The lowest BCUT2D eigenvalue weighted by Gasteiger charge is -2.04.